The summed E-state index contributed by atoms with van der Waals surface area (Å²) < 4.78 is 5.36. The van der Waals surface area contributed by atoms with Crippen LogP contribution in [0.4, 0.5) is 5.69 Å². The fourth-order valence-corrected chi connectivity index (χ4v) is 3.20. The fourth-order valence-electron chi connectivity index (χ4n) is 3.20. The number of aliphatic hydroxyl groups excluding tert-OH is 1. The van der Waals surface area contributed by atoms with E-state index in [9.17, 15) is 14.7 Å². The van der Waals surface area contributed by atoms with E-state index in [1.165, 1.54) is 19.3 Å². The molecule has 164 valence electrons. The highest BCUT2D eigenvalue weighted by Crippen LogP contribution is 2.29. The van der Waals surface area contributed by atoms with Crippen LogP contribution in [0.1, 0.15) is 22.3 Å². The maximum atomic E-state index is 12.8. The molecule has 0 bridgehead atoms. The molecular weight excluding hydrogens is 406 g/mol. The number of allylic oxidation sites excluding steroid dienone is 1. The molecule has 1 atom stereocenters. The van der Waals surface area contributed by atoms with Crippen molar-refractivity contribution in [2.24, 2.45) is 10.2 Å². The van der Waals surface area contributed by atoms with Gasteiger partial charge in [-0.3, -0.25) is 9.59 Å². The van der Waals surface area contributed by atoms with E-state index < -0.39 is 6.10 Å². The highest BCUT2D eigenvalue weighted by molar-refractivity contribution is 6.09. The molecular formula is C25H25N3O4. The second kappa shape index (κ2) is 11.0. The molecule has 1 unspecified atom stereocenters. The van der Waals surface area contributed by atoms with Crippen molar-refractivity contribution in [1.29, 1.82) is 0 Å². The Morgan fingerprint density at radius 1 is 1.16 bits per heavy atom. The maximum absolute atomic E-state index is 12.8. The lowest BCUT2D eigenvalue weighted by atomic mass is 9.92. The van der Waals surface area contributed by atoms with E-state index >= 15 is 0 Å². The zero-order valence-electron chi connectivity index (χ0n) is 17.8. The third kappa shape index (κ3) is 5.86. The second-order valence-electron chi connectivity index (χ2n) is 7.14. The van der Waals surface area contributed by atoms with Crippen LogP contribution in [0.25, 0.3) is 0 Å². The predicted molar refractivity (Wildman–Crippen MR) is 121 cm³/mol. The van der Waals surface area contributed by atoms with Gasteiger partial charge in [-0.15, -0.1) is 5.11 Å². The zero-order valence-corrected chi connectivity index (χ0v) is 17.8. The predicted octanol–water partition coefficient (Wildman–Crippen LogP) is 4.05. The van der Waals surface area contributed by atoms with Gasteiger partial charge in [0.1, 0.15) is 11.5 Å². The van der Waals surface area contributed by atoms with E-state index in [2.05, 4.69) is 22.1 Å². The van der Waals surface area contributed by atoms with Crippen molar-refractivity contribution in [3.05, 3.63) is 101 Å². The van der Waals surface area contributed by atoms with Crippen molar-refractivity contribution >= 4 is 17.4 Å². The first-order valence-electron chi connectivity index (χ1n) is 10.2. The molecule has 1 aliphatic carbocycles. The number of rotatable bonds is 9. The lowest BCUT2D eigenvalue weighted by Crippen LogP contribution is -2.23. The van der Waals surface area contributed by atoms with Crippen LogP contribution in [0.3, 0.4) is 0 Å². The quantitative estimate of drug-likeness (QED) is 0.355. The summed E-state index contributed by atoms with van der Waals surface area (Å²) in [6, 6.07) is 16.2. The highest BCUT2D eigenvalue weighted by atomic mass is 16.5. The Hall–Kier alpha value is -3.84. The minimum atomic E-state index is -0.975. The molecule has 0 aliphatic heterocycles. The Morgan fingerprint density at radius 2 is 1.88 bits per heavy atom. The molecule has 2 aromatic carbocycles. The number of ether oxygens (including phenoxy) is 1. The van der Waals surface area contributed by atoms with Gasteiger partial charge < -0.3 is 15.2 Å². The summed E-state index contributed by atoms with van der Waals surface area (Å²) in [7, 11) is 1.50. The van der Waals surface area contributed by atoms with Crippen LogP contribution in [0.2, 0.25) is 0 Å². The highest BCUT2D eigenvalue weighted by Gasteiger charge is 2.27. The number of benzene rings is 2. The molecule has 0 heterocycles. The standard InChI is InChI=1S/C25H25N3O4/c1-3-24(30)26-14-13-17-9-11-19(12-10-17)27-28-21-15-20(22(29)16-23(21)32-2)25(31)18-7-5-4-6-8-18/h3-12,15,22,29H,1,13-14,16H2,2H3,(H,26,30). The Balaban J connectivity index is 1.74. The molecule has 0 spiro atoms. The van der Waals surface area contributed by atoms with E-state index in [1.807, 2.05) is 30.3 Å². The Morgan fingerprint density at radius 3 is 2.53 bits per heavy atom. The SMILES string of the molecule is C=CC(=O)NCCc1ccc(N=NC2=C(OC)CC(O)C(C(=O)c3ccccc3)=C2)cc1. The van der Waals surface area contributed by atoms with Crippen molar-refractivity contribution in [3.63, 3.8) is 0 Å². The number of carbonyl (C=O) groups is 2. The molecule has 2 aromatic rings. The summed E-state index contributed by atoms with van der Waals surface area (Å²) in [4.78, 5) is 24.0. The lowest BCUT2D eigenvalue weighted by Gasteiger charge is -2.21. The number of amides is 1. The Kier molecular flexibility index (Phi) is 7.83. The van der Waals surface area contributed by atoms with Crippen molar-refractivity contribution in [2.45, 2.75) is 18.9 Å². The summed E-state index contributed by atoms with van der Waals surface area (Å²) in [6.45, 7) is 3.93. The van der Waals surface area contributed by atoms with E-state index in [0.29, 0.717) is 35.7 Å². The number of azo groups is 1. The van der Waals surface area contributed by atoms with Gasteiger partial charge in [-0.1, -0.05) is 49.0 Å². The normalized spacial score (nSPS) is 15.9. The van der Waals surface area contributed by atoms with Gasteiger partial charge in [-0.25, -0.2) is 0 Å². The average Bonchev–Trinajstić information content (AvgIpc) is 2.83. The first kappa shape index (κ1) is 22.8. The molecule has 0 radical (unpaired) electrons. The molecule has 3 rings (SSSR count). The van der Waals surface area contributed by atoms with Gasteiger partial charge in [-0.05, 0) is 36.3 Å². The van der Waals surface area contributed by atoms with Crippen LogP contribution in [0, 0.1) is 0 Å². The zero-order chi connectivity index (χ0) is 22.9. The number of ketones is 1. The minimum Gasteiger partial charge on any atom is -0.499 e. The molecule has 32 heavy (non-hydrogen) atoms. The van der Waals surface area contributed by atoms with E-state index in [-0.39, 0.29) is 23.7 Å². The van der Waals surface area contributed by atoms with Crippen LogP contribution < -0.4 is 5.32 Å². The van der Waals surface area contributed by atoms with Crippen molar-refractivity contribution in [1.82, 2.24) is 5.32 Å². The molecule has 1 amide bonds. The van der Waals surface area contributed by atoms with Crippen LogP contribution in [0.5, 0.6) is 0 Å². The van der Waals surface area contributed by atoms with Gasteiger partial charge in [0.25, 0.3) is 0 Å². The summed E-state index contributed by atoms with van der Waals surface area (Å²) in [5, 5.41) is 21.7. The van der Waals surface area contributed by atoms with Gasteiger partial charge in [0, 0.05) is 24.1 Å². The smallest absolute Gasteiger partial charge is 0.243 e. The summed E-state index contributed by atoms with van der Waals surface area (Å²) in [5.74, 6) is 0.00251. The third-order valence-electron chi connectivity index (χ3n) is 4.97. The monoisotopic (exact) mass is 431 g/mol. The number of nitrogens with one attached hydrogen (secondary N) is 1. The molecule has 0 fully saturated rings. The van der Waals surface area contributed by atoms with Crippen LogP contribution in [-0.2, 0) is 16.0 Å². The molecule has 7 heteroatoms. The fraction of sp³-hybridized carbons (Fsp3) is 0.200. The third-order valence-corrected chi connectivity index (χ3v) is 4.97. The Labute approximate surface area is 186 Å². The first-order chi connectivity index (χ1) is 15.5. The van der Waals surface area contributed by atoms with Gasteiger partial charge in [0.2, 0.25) is 5.91 Å². The Bertz CT molecular complexity index is 1070. The molecule has 7 nitrogen and oxygen atoms in total. The van der Waals surface area contributed by atoms with Gasteiger partial charge in [0.05, 0.1) is 18.9 Å². The lowest BCUT2D eigenvalue weighted by molar-refractivity contribution is -0.116. The number of nitrogens with zero attached hydrogens (tertiary/aromatic N) is 2. The van der Waals surface area contributed by atoms with Gasteiger partial charge in [0.15, 0.2) is 5.78 Å². The van der Waals surface area contributed by atoms with Crippen molar-refractivity contribution in [2.75, 3.05) is 13.7 Å². The largest absolute Gasteiger partial charge is 0.499 e. The summed E-state index contributed by atoms with van der Waals surface area (Å²) >= 11 is 0. The number of Topliss-reactive ketones (excluding diaryl/α,β-unsaturated/α-hetero) is 1. The van der Waals surface area contributed by atoms with E-state index in [0.717, 1.165) is 5.56 Å². The van der Waals surface area contributed by atoms with Crippen molar-refractivity contribution < 1.29 is 19.4 Å². The number of hydrogen-bond acceptors (Lipinski definition) is 6. The molecule has 0 aromatic heterocycles. The van der Waals surface area contributed by atoms with E-state index in [4.69, 9.17) is 4.74 Å². The topological polar surface area (TPSA) is 100 Å². The number of aliphatic hydroxyl groups is 1. The first-order valence-corrected chi connectivity index (χ1v) is 10.2. The van der Waals surface area contributed by atoms with Gasteiger partial charge >= 0.3 is 0 Å². The number of hydrogen-bond donors (Lipinski definition) is 2. The summed E-state index contributed by atoms with van der Waals surface area (Å²) in [5.41, 5.74) is 2.81. The van der Waals surface area contributed by atoms with Gasteiger partial charge in [-0.2, -0.15) is 5.11 Å². The van der Waals surface area contributed by atoms with Crippen LogP contribution in [0.15, 0.2) is 101 Å². The average molecular weight is 431 g/mol. The van der Waals surface area contributed by atoms with Crippen LogP contribution >= 0.6 is 0 Å². The second-order valence-corrected chi connectivity index (χ2v) is 7.14. The molecule has 2 N–H and O–H groups in total. The molecule has 0 saturated carbocycles. The number of methoxy groups -OCH3 is 1. The maximum Gasteiger partial charge on any atom is 0.243 e. The molecule has 0 saturated heterocycles. The minimum absolute atomic E-state index is 0.143. The number of carbonyl (C=O) groups excluding carboxylic acids is 2. The van der Waals surface area contributed by atoms with Crippen LogP contribution in [-0.4, -0.2) is 36.6 Å². The van der Waals surface area contributed by atoms with E-state index in [1.54, 1.807) is 24.3 Å². The molecule has 1 aliphatic rings. The summed E-state index contributed by atoms with van der Waals surface area (Å²) in [6.07, 6.45) is 2.62. The van der Waals surface area contributed by atoms with Crippen molar-refractivity contribution in [3.8, 4) is 0 Å².